The van der Waals surface area contributed by atoms with Crippen molar-refractivity contribution in [3.05, 3.63) is 124 Å². The normalized spacial score (nSPS) is 24.6. The Labute approximate surface area is 231 Å². The van der Waals surface area contributed by atoms with E-state index < -0.39 is 17.3 Å². The van der Waals surface area contributed by atoms with Crippen LogP contribution in [0.15, 0.2) is 102 Å². The number of nitrogens with zero attached hydrogens (tertiary/aromatic N) is 2. The molecule has 8 rings (SSSR count). The van der Waals surface area contributed by atoms with Crippen molar-refractivity contribution in [3.8, 4) is 5.75 Å². The Morgan fingerprint density at radius 2 is 1.54 bits per heavy atom. The second-order valence-electron chi connectivity index (χ2n) is 10.2. The zero-order valence-corrected chi connectivity index (χ0v) is 22.0. The second-order valence-corrected chi connectivity index (χ2v) is 10.6. The van der Waals surface area contributed by atoms with Gasteiger partial charge in [-0.15, -0.1) is 0 Å². The number of amides is 2. The minimum atomic E-state index is -0.915. The molecule has 4 aromatic rings. The molecule has 1 heterocycles. The summed E-state index contributed by atoms with van der Waals surface area (Å²) in [5.41, 5.74) is 4.52. The van der Waals surface area contributed by atoms with Gasteiger partial charge in [0.2, 0.25) is 11.8 Å². The highest BCUT2D eigenvalue weighted by molar-refractivity contribution is 6.30. The summed E-state index contributed by atoms with van der Waals surface area (Å²) in [6, 6.07) is 30.9. The number of halogens is 1. The summed E-state index contributed by atoms with van der Waals surface area (Å²) in [6.45, 7) is 2.46. The number of rotatable bonds is 5. The fraction of sp³-hybridized carbons (Fsp3) is 0.182. The van der Waals surface area contributed by atoms with Crippen LogP contribution in [0.3, 0.4) is 0 Å². The monoisotopic (exact) mass is 532 g/mol. The average Bonchev–Trinajstić information content (AvgIpc) is 3.23. The van der Waals surface area contributed by atoms with Gasteiger partial charge in [0, 0.05) is 17.2 Å². The maximum atomic E-state index is 14.4. The molecule has 6 heteroatoms. The van der Waals surface area contributed by atoms with Gasteiger partial charge in [0.15, 0.2) is 0 Å². The van der Waals surface area contributed by atoms with Crippen molar-refractivity contribution < 1.29 is 14.3 Å². The Balaban J connectivity index is 1.45. The molecule has 1 fully saturated rings. The van der Waals surface area contributed by atoms with E-state index in [0.717, 1.165) is 22.3 Å². The first-order valence-corrected chi connectivity index (χ1v) is 13.5. The van der Waals surface area contributed by atoms with Gasteiger partial charge in [-0.1, -0.05) is 66.2 Å². The highest BCUT2D eigenvalue weighted by atomic mass is 35.5. The predicted octanol–water partition coefficient (Wildman–Crippen LogP) is 6.69. The van der Waals surface area contributed by atoms with Gasteiger partial charge in [0.05, 0.1) is 35.2 Å². The SMILES string of the molecule is CCOc1ccc(N2C(=O)[C@@H]3C4c5ccccc5C(C=Nc5cccc(Cl)c5)(c5ccccc54)[C@H]3C2=O)cc1. The minimum Gasteiger partial charge on any atom is -0.494 e. The van der Waals surface area contributed by atoms with E-state index in [1.54, 1.807) is 36.4 Å². The van der Waals surface area contributed by atoms with Crippen LogP contribution >= 0.6 is 11.6 Å². The summed E-state index contributed by atoms with van der Waals surface area (Å²) >= 11 is 6.27. The third-order valence-electron chi connectivity index (χ3n) is 8.32. The van der Waals surface area contributed by atoms with Crippen LogP contribution in [0.1, 0.15) is 35.1 Å². The van der Waals surface area contributed by atoms with E-state index in [2.05, 4.69) is 24.3 Å². The van der Waals surface area contributed by atoms with Gasteiger partial charge in [0.25, 0.3) is 0 Å². The van der Waals surface area contributed by atoms with Crippen molar-refractivity contribution >= 4 is 41.0 Å². The Hall–Kier alpha value is -4.22. The molecule has 0 radical (unpaired) electrons. The van der Waals surface area contributed by atoms with Crippen molar-refractivity contribution in [3.63, 3.8) is 0 Å². The highest BCUT2D eigenvalue weighted by Gasteiger charge is 2.67. The lowest BCUT2D eigenvalue weighted by molar-refractivity contribution is -0.122. The molecule has 2 bridgehead atoms. The molecule has 4 aliphatic rings. The zero-order chi connectivity index (χ0) is 26.7. The predicted molar refractivity (Wildman–Crippen MR) is 152 cm³/mol. The molecule has 0 N–H and O–H groups in total. The standard InChI is InChI=1S/C33H25ClN2O3/c1-2-39-23-16-14-22(15-17-23)36-31(37)29-28-24-10-3-5-12-26(24)33(30(29)32(36)38,27-13-6-4-11-25(27)28)19-35-21-9-7-8-20(34)18-21/h3-19,28-30H,2H2,1H3/t28?,29-,30-,33?/m1/s1. The molecule has 5 nitrogen and oxygen atoms in total. The third kappa shape index (κ3) is 3.36. The van der Waals surface area contributed by atoms with Crippen LogP contribution < -0.4 is 9.64 Å². The van der Waals surface area contributed by atoms with E-state index in [9.17, 15) is 9.59 Å². The molecule has 2 amide bonds. The fourth-order valence-corrected chi connectivity index (χ4v) is 7.08. The van der Waals surface area contributed by atoms with Gasteiger partial charge in [-0.3, -0.25) is 14.6 Å². The van der Waals surface area contributed by atoms with Gasteiger partial charge >= 0.3 is 0 Å². The van der Waals surface area contributed by atoms with Gasteiger partial charge in [0.1, 0.15) is 5.75 Å². The molecule has 0 unspecified atom stereocenters. The first-order chi connectivity index (χ1) is 19.0. The van der Waals surface area contributed by atoms with Gasteiger partial charge in [-0.25, -0.2) is 4.90 Å². The highest BCUT2D eigenvalue weighted by Crippen LogP contribution is 2.63. The molecule has 1 saturated heterocycles. The maximum absolute atomic E-state index is 14.4. The number of carbonyl (C=O) groups is 2. The van der Waals surface area contributed by atoms with E-state index in [4.69, 9.17) is 21.3 Å². The number of imide groups is 1. The number of anilines is 1. The van der Waals surface area contributed by atoms with Crippen LogP contribution in [0.5, 0.6) is 5.75 Å². The number of benzene rings is 4. The van der Waals surface area contributed by atoms with E-state index in [1.807, 2.05) is 49.5 Å². The van der Waals surface area contributed by atoms with Crippen molar-refractivity contribution in [2.24, 2.45) is 16.8 Å². The van der Waals surface area contributed by atoms with Crippen LogP contribution in [-0.2, 0) is 15.0 Å². The van der Waals surface area contributed by atoms with Crippen molar-refractivity contribution in [1.82, 2.24) is 0 Å². The smallest absolute Gasteiger partial charge is 0.239 e. The average molecular weight is 533 g/mol. The molecule has 4 aromatic carbocycles. The number of hydrogen-bond donors (Lipinski definition) is 0. The lowest BCUT2D eigenvalue weighted by Crippen LogP contribution is -2.54. The fourth-order valence-electron chi connectivity index (χ4n) is 6.90. The topological polar surface area (TPSA) is 59.0 Å². The second kappa shape index (κ2) is 8.92. The maximum Gasteiger partial charge on any atom is 0.239 e. The summed E-state index contributed by atoms with van der Waals surface area (Å²) in [5, 5.41) is 0.585. The summed E-state index contributed by atoms with van der Waals surface area (Å²) in [4.78, 5) is 34.9. The lowest BCUT2D eigenvalue weighted by Gasteiger charge is -2.52. The molecule has 2 atom stereocenters. The van der Waals surface area contributed by atoms with Crippen LogP contribution in [0.2, 0.25) is 5.02 Å². The van der Waals surface area contributed by atoms with Gasteiger partial charge in [-0.05, 0) is 71.6 Å². The molecule has 3 aliphatic carbocycles. The van der Waals surface area contributed by atoms with Gasteiger partial charge < -0.3 is 4.74 Å². The van der Waals surface area contributed by atoms with E-state index >= 15 is 0 Å². The van der Waals surface area contributed by atoms with E-state index in [-0.39, 0.29) is 17.7 Å². The number of aliphatic imine (C=N–C) groups is 1. The lowest BCUT2D eigenvalue weighted by atomic mass is 9.47. The molecule has 0 saturated carbocycles. The third-order valence-corrected chi connectivity index (χ3v) is 8.55. The first-order valence-electron chi connectivity index (χ1n) is 13.1. The number of ether oxygens (including phenoxy) is 1. The van der Waals surface area contributed by atoms with Crippen molar-refractivity contribution in [2.45, 2.75) is 18.3 Å². The Bertz CT molecular complexity index is 1610. The Morgan fingerprint density at radius 3 is 2.18 bits per heavy atom. The largest absolute Gasteiger partial charge is 0.494 e. The summed E-state index contributed by atoms with van der Waals surface area (Å²) < 4.78 is 5.58. The Kier molecular flexibility index (Phi) is 5.46. The molecule has 192 valence electrons. The van der Waals surface area contributed by atoms with Gasteiger partial charge in [-0.2, -0.15) is 0 Å². The molecule has 39 heavy (non-hydrogen) atoms. The molecular formula is C33H25ClN2O3. The molecule has 0 spiro atoms. The minimum absolute atomic E-state index is 0.177. The molecule has 1 aliphatic heterocycles. The summed E-state index contributed by atoms with van der Waals surface area (Å²) in [7, 11) is 0. The van der Waals surface area contributed by atoms with Crippen LogP contribution in [0.4, 0.5) is 11.4 Å². The van der Waals surface area contributed by atoms with Crippen molar-refractivity contribution in [2.75, 3.05) is 11.5 Å². The molecule has 0 aromatic heterocycles. The Morgan fingerprint density at radius 1 is 0.872 bits per heavy atom. The van der Waals surface area contributed by atoms with Crippen LogP contribution in [0.25, 0.3) is 0 Å². The van der Waals surface area contributed by atoms with Crippen LogP contribution in [-0.4, -0.2) is 24.6 Å². The van der Waals surface area contributed by atoms with E-state index in [1.165, 1.54) is 4.90 Å². The summed E-state index contributed by atoms with van der Waals surface area (Å²) in [6.07, 6.45) is 1.89. The quantitative estimate of drug-likeness (QED) is 0.212. The zero-order valence-electron chi connectivity index (χ0n) is 21.3. The first kappa shape index (κ1) is 23.9. The number of carbonyl (C=O) groups excluding carboxylic acids is 2. The van der Waals surface area contributed by atoms with Crippen molar-refractivity contribution in [1.29, 1.82) is 0 Å². The number of hydrogen-bond acceptors (Lipinski definition) is 4. The van der Waals surface area contributed by atoms with E-state index in [0.29, 0.717) is 28.8 Å². The van der Waals surface area contributed by atoms with Crippen LogP contribution in [0, 0.1) is 11.8 Å². The molecular weight excluding hydrogens is 508 g/mol. The summed E-state index contributed by atoms with van der Waals surface area (Å²) in [5.74, 6) is -1.07.